The third-order valence-electron chi connectivity index (χ3n) is 3.66. The molecule has 0 aliphatic heterocycles. The number of hydrogen-bond acceptors (Lipinski definition) is 2. The molecule has 0 aliphatic rings. The van der Waals surface area contributed by atoms with Gasteiger partial charge < -0.3 is 8.85 Å². The van der Waals surface area contributed by atoms with Crippen LogP contribution in [-0.2, 0) is 8.85 Å². The van der Waals surface area contributed by atoms with Gasteiger partial charge >= 0.3 is 8.56 Å². The molecular weight excluding hydrogens is 240 g/mol. The Morgan fingerprint density at radius 1 is 0.889 bits per heavy atom. The summed E-state index contributed by atoms with van der Waals surface area (Å²) in [4.78, 5) is 0. The largest absolute Gasteiger partial charge is 0.394 e. The third kappa shape index (κ3) is 6.91. The highest BCUT2D eigenvalue weighted by molar-refractivity contribution is 6.67. The van der Waals surface area contributed by atoms with Gasteiger partial charge in [-0.15, -0.1) is 0 Å². The van der Waals surface area contributed by atoms with Crippen LogP contribution in [-0.4, -0.2) is 21.3 Å². The van der Waals surface area contributed by atoms with E-state index in [9.17, 15) is 0 Å². The van der Waals surface area contributed by atoms with Crippen molar-refractivity contribution in [2.45, 2.75) is 91.3 Å². The lowest BCUT2D eigenvalue weighted by atomic mass is 10.1. The Kier molecular flexibility index (Phi) is 11.1. The monoisotopic (exact) mass is 274 g/mol. The van der Waals surface area contributed by atoms with Crippen molar-refractivity contribution < 1.29 is 8.85 Å². The molecule has 0 rings (SSSR count). The summed E-state index contributed by atoms with van der Waals surface area (Å²) in [7, 11) is -1.91. The van der Waals surface area contributed by atoms with Gasteiger partial charge in [0.1, 0.15) is 0 Å². The van der Waals surface area contributed by atoms with E-state index in [-0.39, 0.29) is 0 Å². The highest BCUT2D eigenvalue weighted by atomic mass is 28.4. The van der Waals surface area contributed by atoms with E-state index in [0.717, 1.165) is 31.5 Å². The fourth-order valence-corrected chi connectivity index (χ4v) is 4.86. The summed E-state index contributed by atoms with van der Waals surface area (Å²) in [5.74, 6) is 0. The van der Waals surface area contributed by atoms with E-state index in [2.05, 4.69) is 34.6 Å². The molecular formula is C15H34O2Si. The normalized spacial score (nSPS) is 13.8. The van der Waals surface area contributed by atoms with E-state index < -0.39 is 8.56 Å². The summed E-state index contributed by atoms with van der Waals surface area (Å²) in [5.41, 5.74) is 0. The van der Waals surface area contributed by atoms with E-state index >= 15 is 0 Å². The summed E-state index contributed by atoms with van der Waals surface area (Å²) in [5, 5.41) is 0. The van der Waals surface area contributed by atoms with Gasteiger partial charge in [-0.05, 0) is 31.4 Å². The van der Waals surface area contributed by atoms with Crippen LogP contribution in [0.3, 0.4) is 0 Å². The first-order valence-corrected chi connectivity index (χ1v) is 10.2. The molecule has 0 aliphatic carbocycles. The SMILES string of the molecule is CCCCO[Si](CC)(CC)OC(CC)CCCC. The molecule has 0 radical (unpaired) electrons. The predicted molar refractivity (Wildman–Crippen MR) is 82.3 cm³/mol. The Morgan fingerprint density at radius 3 is 1.94 bits per heavy atom. The summed E-state index contributed by atoms with van der Waals surface area (Å²) in [6.45, 7) is 12.0. The molecule has 0 bridgehead atoms. The Balaban J connectivity index is 4.35. The van der Waals surface area contributed by atoms with Gasteiger partial charge in [-0.1, -0.05) is 53.9 Å². The van der Waals surface area contributed by atoms with Gasteiger partial charge in [-0.3, -0.25) is 0 Å². The lowest BCUT2D eigenvalue weighted by Crippen LogP contribution is -2.44. The average molecular weight is 275 g/mol. The van der Waals surface area contributed by atoms with Gasteiger partial charge in [-0.2, -0.15) is 0 Å². The van der Waals surface area contributed by atoms with E-state index in [1.165, 1.54) is 25.7 Å². The van der Waals surface area contributed by atoms with Crippen LogP contribution in [0.15, 0.2) is 0 Å². The van der Waals surface area contributed by atoms with Crippen molar-refractivity contribution >= 4 is 8.56 Å². The molecule has 0 aromatic rings. The second-order valence-electron chi connectivity index (χ2n) is 5.11. The minimum Gasteiger partial charge on any atom is -0.394 e. The van der Waals surface area contributed by atoms with Crippen LogP contribution in [0.5, 0.6) is 0 Å². The fourth-order valence-electron chi connectivity index (χ4n) is 2.14. The minimum atomic E-state index is -1.91. The Bertz CT molecular complexity index is 181. The fraction of sp³-hybridized carbons (Fsp3) is 1.00. The number of rotatable bonds is 12. The predicted octanol–water partition coefficient (Wildman–Crippen LogP) is 5.27. The molecule has 110 valence electrons. The summed E-state index contributed by atoms with van der Waals surface area (Å²) in [6, 6.07) is 2.16. The van der Waals surface area contributed by atoms with Gasteiger partial charge in [0, 0.05) is 12.7 Å². The van der Waals surface area contributed by atoms with Gasteiger partial charge in [0.25, 0.3) is 0 Å². The van der Waals surface area contributed by atoms with Crippen LogP contribution in [0.25, 0.3) is 0 Å². The number of hydrogen-bond donors (Lipinski definition) is 0. The molecule has 1 atom stereocenters. The molecule has 0 saturated heterocycles. The Morgan fingerprint density at radius 2 is 1.50 bits per heavy atom. The summed E-state index contributed by atoms with van der Waals surface area (Å²) >= 11 is 0. The molecule has 0 amide bonds. The molecule has 0 aromatic heterocycles. The van der Waals surface area contributed by atoms with Gasteiger partial charge in [0.15, 0.2) is 0 Å². The zero-order valence-corrected chi connectivity index (χ0v) is 14.3. The molecule has 3 heteroatoms. The molecule has 0 spiro atoms. The first-order chi connectivity index (χ1) is 8.67. The molecule has 1 unspecified atom stereocenters. The van der Waals surface area contributed by atoms with Crippen molar-refractivity contribution in [1.82, 2.24) is 0 Å². The van der Waals surface area contributed by atoms with Crippen molar-refractivity contribution in [3.63, 3.8) is 0 Å². The Hall–Kier alpha value is 0.137. The van der Waals surface area contributed by atoms with Crippen LogP contribution >= 0.6 is 0 Å². The van der Waals surface area contributed by atoms with Crippen molar-refractivity contribution in [3.8, 4) is 0 Å². The van der Waals surface area contributed by atoms with E-state index in [0.29, 0.717) is 6.10 Å². The maximum absolute atomic E-state index is 6.45. The van der Waals surface area contributed by atoms with Crippen LogP contribution in [0.4, 0.5) is 0 Å². The van der Waals surface area contributed by atoms with Crippen molar-refractivity contribution in [1.29, 1.82) is 0 Å². The zero-order chi connectivity index (χ0) is 13.9. The van der Waals surface area contributed by atoms with Crippen molar-refractivity contribution in [2.75, 3.05) is 6.61 Å². The lowest BCUT2D eigenvalue weighted by Gasteiger charge is -2.33. The highest BCUT2D eigenvalue weighted by Crippen LogP contribution is 2.24. The topological polar surface area (TPSA) is 18.5 Å². The average Bonchev–Trinajstić information content (AvgIpc) is 2.42. The number of unbranched alkanes of at least 4 members (excludes halogenated alkanes) is 2. The van der Waals surface area contributed by atoms with Gasteiger partial charge in [0.05, 0.1) is 0 Å². The molecule has 0 saturated carbocycles. The van der Waals surface area contributed by atoms with Crippen molar-refractivity contribution in [2.24, 2.45) is 0 Å². The summed E-state index contributed by atoms with van der Waals surface area (Å²) < 4.78 is 12.6. The molecule has 2 nitrogen and oxygen atoms in total. The molecule has 0 N–H and O–H groups in total. The quantitative estimate of drug-likeness (QED) is 0.356. The lowest BCUT2D eigenvalue weighted by molar-refractivity contribution is 0.101. The van der Waals surface area contributed by atoms with Crippen LogP contribution in [0, 0.1) is 0 Å². The third-order valence-corrected chi connectivity index (χ3v) is 7.30. The Labute approximate surface area is 116 Å². The molecule has 18 heavy (non-hydrogen) atoms. The second kappa shape index (κ2) is 11.0. The molecule has 0 fully saturated rings. The van der Waals surface area contributed by atoms with Crippen molar-refractivity contribution in [3.05, 3.63) is 0 Å². The molecule has 0 heterocycles. The minimum absolute atomic E-state index is 0.415. The van der Waals surface area contributed by atoms with Gasteiger partial charge in [-0.25, -0.2) is 0 Å². The van der Waals surface area contributed by atoms with Gasteiger partial charge in [0.2, 0.25) is 0 Å². The van der Waals surface area contributed by atoms with Crippen LogP contribution in [0.2, 0.25) is 12.1 Å². The first kappa shape index (κ1) is 18.1. The maximum atomic E-state index is 6.45. The van der Waals surface area contributed by atoms with E-state index in [4.69, 9.17) is 8.85 Å². The van der Waals surface area contributed by atoms with E-state index in [1.54, 1.807) is 0 Å². The zero-order valence-electron chi connectivity index (χ0n) is 13.3. The summed E-state index contributed by atoms with van der Waals surface area (Å²) in [6.07, 6.45) is 7.60. The standard InChI is InChI=1S/C15H34O2Si/c1-6-11-13-15(8-3)17-18(9-4,10-5)16-14-12-7-2/h15H,6-14H2,1-5H3. The maximum Gasteiger partial charge on any atom is 0.337 e. The smallest absolute Gasteiger partial charge is 0.337 e. The second-order valence-corrected chi connectivity index (χ2v) is 8.87. The highest BCUT2D eigenvalue weighted by Gasteiger charge is 2.35. The van der Waals surface area contributed by atoms with E-state index in [1.807, 2.05) is 0 Å². The molecule has 0 aromatic carbocycles. The first-order valence-electron chi connectivity index (χ1n) is 7.99. The van der Waals surface area contributed by atoms with Crippen LogP contribution < -0.4 is 0 Å². The van der Waals surface area contributed by atoms with Crippen LogP contribution in [0.1, 0.15) is 73.1 Å².